The van der Waals surface area contributed by atoms with Crippen LogP contribution in [0.15, 0.2) is 54.2 Å². The van der Waals surface area contributed by atoms with Crippen LogP contribution in [0, 0.1) is 22.7 Å². The van der Waals surface area contributed by atoms with E-state index in [0.717, 1.165) is 0 Å². The van der Waals surface area contributed by atoms with Crippen LogP contribution in [0.4, 0.5) is 5.00 Å². The van der Waals surface area contributed by atoms with Crippen molar-refractivity contribution in [3.63, 3.8) is 0 Å². The maximum Gasteiger partial charge on any atom is 0.129 e. The number of hydrogen-bond donors (Lipinski definition) is 0. The molecule has 0 aliphatic heterocycles. The van der Waals surface area contributed by atoms with Crippen molar-refractivity contribution in [1.82, 2.24) is 0 Å². The summed E-state index contributed by atoms with van der Waals surface area (Å²) in [5.74, 6) is 0. The predicted molar refractivity (Wildman–Crippen MR) is 85.3 cm³/mol. The predicted octanol–water partition coefficient (Wildman–Crippen LogP) is 3.91. The molecule has 100 valence electrons. The lowest BCUT2D eigenvalue weighted by atomic mass is 10.3. The molecule has 0 bridgehead atoms. The Morgan fingerprint density at radius 3 is 2.30 bits per heavy atom. The number of nitrogens with zero attached hydrogens (tertiary/aromatic N) is 3. The van der Waals surface area contributed by atoms with Crippen LogP contribution in [0.1, 0.15) is 4.88 Å². The Labute approximate surface area is 123 Å². The van der Waals surface area contributed by atoms with Crippen LogP contribution >= 0.6 is 11.3 Å². The molecule has 0 amide bonds. The summed E-state index contributed by atoms with van der Waals surface area (Å²) in [6.07, 6.45) is 12.7. The van der Waals surface area contributed by atoms with Gasteiger partial charge in [0, 0.05) is 19.0 Å². The van der Waals surface area contributed by atoms with Crippen molar-refractivity contribution >= 4 is 22.4 Å². The largest absolute Gasteiger partial charge is 0.370 e. The molecule has 1 aromatic rings. The third kappa shape index (κ3) is 5.39. The molecule has 0 saturated heterocycles. The zero-order valence-corrected chi connectivity index (χ0v) is 12.3. The molecule has 0 aromatic carbocycles. The van der Waals surface area contributed by atoms with E-state index >= 15 is 0 Å². The summed E-state index contributed by atoms with van der Waals surface area (Å²) in [7, 11) is 4.04. The number of nitriles is 2. The number of hydrogen-bond acceptors (Lipinski definition) is 4. The van der Waals surface area contributed by atoms with E-state index in [4.69, 9.17) is 10.5 Å². The van der Waals surface area contributed by atoms with Gasteiger partial charge in [0.1, 0.15) is 17.7 Å². The molecule has 0 saturated carbocycles. The van der Waals surface area contributed by atoms with Crippen molar-refractivity contribution in [3.05, 3.63) is 59.0 Å². The molecule has 0 spiro atoms. The summed E-state index contributed by atoms with van der Waals surface area (Å²) in [6.45, 7) is 0. The van der Waals surface area contributed by atoms with Gasteiger partial charge in [0.25, 0.3) is 0 Å². The van der Waals surface area contributed by atoms with Crippen LogP contribution in [0.5, 0.6) is 0 Å². The Balaban J connectivity index is 2.51. The molecule has 0 N–H and O–H groups in total. The molecule has 0 fully saturated rings. The maximum atomic E-state index is 8.53. The highest BCUT2D eigenvalue weighted by molar-refractivity contribution is 7.16. The van der Waals surface area contributed by atoms with Gasteiger partial charge in [-0.2, -0.15) is 10.5 Å². The van der Waals surface area contributed by atoms with E-state index < -0.39 is 0 Å². The first-order valence-corrected chi connectivity index (χ1v) is 6.78. The van der Waals surface area contributed by atoms with Gasteiger partial charge in [-0.05, 0) is 24.3 Å². The van der Waals surface area contributed by atoms with Crippen LogP contribution in [-0.2, 0) is 0 Å². The highest BCUT2D eigenvalue weighted by Gasteiger charge is 1.97. The second-order valence-corrected chi connectivity index (χ2v) is 5.10. The average Bonchev–Trinajstić information content (AvgIpc) is 2.91. The SMILES string of the molecule is CN(C)c1ccc(/C=C/C=C/C=C/C=C(C#N)C#N)s1. The van der Waals surface area contributed by atoms with Gasteiger partial charge in [0.2, 0.25) is 0 Å². The lowest BCUT2D eigenvalue weighted by Crippen LogP contribution is -2.05. The van der Waals surface area contributed by atoms with E-state index in [2.05, 4.69) is 17.0 Å². The minimum absolute atomic E-state index is 0.0972. The third-order valence-electron chi connectivity index (χ3n) is 2.26. The summed E-state index contributed by atoms with van der Waals surface area (Å²) in [6, 6.07) is 7.76. The molecule has 1 aromatic heterocycles. The van der Waals surface area contributed by atoms with Crippen molar-refractivity contribution in [1.29, 1.82) is 10.5 Å². The summed E-state index contributed by atoms with van der Waals surface area (Å²) in [5, 5.41) is 18.3. The first-order chi connectivity index (χ1) is 9.67. The Morgan fingerprint density at radius 2 is 1.70 bits per heavy atom. The Morgan fingerprint density at radius 1 is 1.05 bits per heavy atom. The third-order valence-corrected chi connectivity index (χ3v) is 3.48. The average molecular weight is 281 g/mol. The first kappa shape index (κ1) is 15.5. The van der Waals surface area contributed by atoms with Crippen LogP contribution in [0.2, 0.25) is 0 Å². The molecule has 3 nitrogen and oxygen atoms in total. The topological polar surface area (TPSA) is 50.8 Å². The zero-order valence-electron chi connectivity index (χ0n) is 11.4. The molecule has 0 unspecified atom stereocenters. The van der Waals surface area contributed by atoms with Gasteiger partial charge in [0.05, 0.1) is 5.00 Å². The van der Waals surface area contributed by atoms with Gasteiger partial charge in [-0.25, -0.2) is 0 Å². The fourth-order valence-electron chi connectivity index (χ4n) is 1.27. The van der Waals surface area contributed by atoms with Crippen molar-refractivity contribution in [2.24, 2.45) is 0 Å². The summed E-state index contributed by atoms with van der Waals surface area (Å²) >= 11 is 1.72. The molecule has 4 heteroatoms. The second-order valence-electron chi connectivity index (χ2n) is 4.00. The van der Waals surface area contributed by atoms with Crippen molar-refractivity contribution in [2.75, 3.05) is 19.0 Å². The highest BCUT2D eigenvalue weighted by atomic mass is 32.1. The van der Waals surface area contributed by atoms with E-state index in [1.807, 2.05) is 38.4 Å². The fraction of sp³-hybridized carbons (Fsp3) is 0.125. The van der Waals surface area contributed by atoms with Crippen LogP contribution < -0.4 is 4.90 Å². The Bertz CT molecular complexity index is 615. The molecule has 1 rings (SSSR count). The van der Waals surface area contributed by atoms with Crippen LogP contribution in [0.3, 0.4) is 0 Å². The molecule has 0 atom stereocenters. The Hall–Kier alpha value is -2.56. The zero-order chi connectivity index (χ0) is 14.8. The molecule has 0 aliphatic carbocycles. The molecule has 1 heterocycles. The Kier molecular flexibility index (Phi) is 6.61. The van der Waals surface area contributed by atoms with Gasteiger partial charge >= 0.3 is 0 Å². The highest BCUT2D eigenvalue weighted by Crippen LogP contribution is 2.24. The molecular formula is C16H15N3S. The van der Waals surface area contributed by atoms with Crippen molar-refractivity contribution in [3.8, 4) is 12.1 Å². The summed E-state index contributed by atoms with van der Waals surface area (Å²) in [5.41, 5.74) is 0.0972. The molecular weight excluding hydrogens is 266 g/mol. The van der Waals surface area contributed by atoms with E-state index in [1.165, 1.54) is 16.0 Å². The fourth-order valence-corrected chi connectivity index (χ4v) is 2.11. The minimum Gasteiger partial charge on any atom is -0.370 e. The number of allylic oxidation sites excluding steroid dienone is 7. The monoisotopic (exact) mass is 281 g/mol. The van der Waals surface area contributed by atoms with Gasteiger partial charge in [-0.3, -0.25) is 0 Å². The lowest BCUT2D eigenvalue weighted by Gasteiger charge is -2.06. The van der Waals surface area contributed by atoms with E-state index in [0.29, 0.717) is 0 Å². The lowest BCUT2D eigenvalue weighted by molar-refractivity contribution is 1.16. The standard InChI is InChI=1S/C16H15N3S/c1-19(2)16-11-10-15(20-16)9-7-5-3-4-6-8-14(12-17)13-18/h3-11H,1-2H3/b5-3+,6-4+,9-7+. The normalized spacial score (nSPS) is 10.8. The van der Waals surface area contributed by atoms with Crippen LogP contribution in [0.25, 0.3) is 6.08 Å². The number of rotatable bonds is 5. The van der Waals surface area contributed by atoms with E-state index in [1.54, 1.807) is 35.6 Å². The van der Waals surface area contributed by atoms with Gasteiger partial charge in [0.15, 0.2) is 0 Å². The quantitative estimate of drug-likeness (QED) is 0.607. The molecule has 0 aliphatic rings. The van der Waals surface area contributed by atoms with E-state index in [9.17, 15) is 0 Å². The molecule has 0 radical (unpaired) electrons. The van der Waals surface area contributed by atoms with E-state index in [-0.39, 0.29) is 5.57 Å². The minimum atomic E-state index is 0.0972. The summed E-state index contributed by atoms with van der Waals surface area (Å²) in [4.78, 5) is 3.27. The van der Waals surface area contributed by atoms with Gasteiger partial charge < -0.3 is 4.90 Å². The van der Waals surface area contributed by atoms with Crippen molar-refractivity contribution < 1.29 is 0 Å². The van der Waals surface area contributed by atoms with Crippen LogP contribution in [-0.4, -0.2) is 14.1 Å². The second kappa shape index (κ2) is 8.53. The number of anilines is 1. The van der Waals surface area contributed by atoms with Crippen molar-refractivity contribution in [2.45, 2.75) is 0 Å². The number of thiophene rings is 1. The summed E-state index contributed by atoms with van der Waals surface area (Å²) < 4.78 is 0. The van der Waals surface area contributed by atoms with Gasteiger partial charge in [-0.1, -0.05) is 30.4 Å². The maximum absolute atomic E-state index is 8.53. The molecule has 20 heavy (non-hydrogen) atoms. The smallest absolute Gasteiger partial charge is 0.129 e. The van der Waals surface area contributed by atoms with Gasteiger partial charge in [-0.15, -0.1) is 11.3 Å². The first-order valence-electron chi connectivity index (χ1n) is 5.96.